The van der Waals surface area contributed by atoms with E-state index in [9.17, 15) is 4.79 Å². The maximum Gasteiger partial charge on any atom is 0.224 e. The van der Waals surface area contributed by atoms with E-state index in [2.05, 4.69) is 29.2 Å². The molecule has 2 heterocycles. The van der Waals surface area contributed by atoms with Gasteiger partial charge in [0.1, 0.15) is 0 Å². The molecule has 2 aliphatic rings. The van der Waals surface area contributed by atoms with Crippen LogP contribution in [-0.2, 0) is 9.53 Å². The molecule has 1 aromatic carbocycles. The highest BCUT2D eigenvalue weighted by Crippen LogP contribution is 2.34. The molecule has 3 rings (SSSR count). The number of anilines is 1. The van der Waals surface area contributed by atoms with Crippen molar-refractivity contribution in [3.63, 3.8) is 0 Å². The van der Waals surface area contributed by atoms with Gasteiger partial charge in [-0.3, -0.25) is 4.79 Å². The van der Waals surface area contributed by atoms with E-state index in [1.165, 1.54) is 0 Å². The SMILES string of the molecule is CN(C)c1ccc(C2C(N)CC(=O)N2CC2CCCO2)cc1. The topological polar surface area (TPSA) is 58.8 Å². The number of amides is 1. The molecule has 1 aromatic rings. The predicted molar refractivity (Wildman–Crippen MR) is 86.8 cm³/mol. The van der Waals surface area contributed by atoms with E-state index in [4.69, 9.17) is 10.5 Å². The number of rotatable bonds is 4. The second-order valence-electron chi connectivity index (χ2n) is 6.48. The Morgan fingerprint density at radius 1 is 1.32 bits per heavy atom. The monoisotopic (exact) mass is 303 g/mol. The number of nitrogens with two attached hydrogens (primary N) is 1. The quantitative estimate of drug-likeness (QED) is 0.916. The van der Waals surface area contributed by atoms with Gasteiger partial charge < -0.3 is 20.3 Å². The van der Waals surface area contributed by atoms with Crippen molar-refractivity contribution in [3.05, 3.63) is 29.8 Å². The van der Waals surface area contributed by atoms with Gasteiger partial charge in [0.2, 0.25) is 5.91 Å². The second kappa shape index (κ2) is 6.26. The van der Waals surface area contributed by atoms with Crippen LogP contribution in [0.3, 0.4) is 0 Å². The maximum absolute atomic E-state index is 12.3. The minimum atomic E-state index is -0.140. The van der Waals surface area contributed by atoms with Crippen molar-refractivity contribution in [2.24, 2.45) is 5.73 Å². The van der Waals surface area contributed by atoms with Crippen LogP contribution in [0.15, 0.2) is 24.3 Å². The Bertz CT molecular complexity index is 523. The first-order valence-corrected chi connectivity index (χ1v) is 8.00. The van der Waals surface area contributed by atoms with Crippen molar-refractivity contribution in [2.75, 3.05) is 32.1 Å². The third-order valence-corrected chi connectivity index (χ3v) is 4.65. The highest BCUT2D eigenvalue weighted by atomic mass is 16.5. The summed E-state index contributed by atoms with van der Waals surface area (Å²) in [6.45, 7) is 1.47. The van der Waals surface area contributed by atoms with Gasteiger partial charge in [0.25, 0.3) is 0 Å². The van der Waals surface area contributed by atoms with Gasteiger partial charge in [0, 0.05) is 45.4 Å². The lowest BCUT2D eigenvalue weighted by Crippen LogP contribution is -2.38. The average Bonchev–Trinajstić information content (AvgIpc) is 3.08. The van der Waals surface area contributed by atoms with Gasteiger partial charge in [-0.25, -0.2) is 0 Å². The summed E-state index contributed by atoms with van der Waals surface area (Å²) in [5.74, 6) is 0.143. The number of hydrogen-bond donors (Lipinski definition) is 1. The molecule has 0 aliphatic carbocycles. The van der Waals surface area contributed by atoms with Crippen molar-refractivity contribution < 1.29 is 9.53 Å². The Hall–Kier alpha value is -1.59. The van der Waals surface area contributed by atoms with Crippen molar-refractivity contribution in [3.8, 4) is 0 Å². The van der Waals surface area contributed by atoms with E-state index >= 15 is 0 Å². The van der Waals surface area contributed by atoms with Crippen LogP contribution in [0.4, 0.5) is 5.69 Å². The van der Waals surface area contributed by atoms with Gasteiger partial charge in [-0.05, 0) is 30.5 Å². The molecule has 0 spiro atoms. The molecule has 2 saturated heterocycles. The zero-order chi connectivity index (χ0) is 15.7. The fraction of sp³-hybridized carbons (Fsp3) is 0.588. The summed E-state index contributed by atoms with van der Waals surface area (Å²) >= 11 is 0. The van der Waals surface area contributed by atoms with Crippen LogP contribution in [0.25, 0.3) is 0 Å². The lowest BCUT2D eigenvalue weighted by molar-refractivity contribution is -0.130. The first-order chi connectivity index (χ1) is 10.6. The molecule has 0 saturated carbocycles. The van der Waals surface area contributed by atoms with Crippen LogP contribution < -0.4 is 10.6 Å². The minimum absolute atomic E-state index is 0.0343. The molecule has 1 amide bonds. The van der Waals surface area contributed by atoms with E-state index in [0.29, 0.717) is 13.0 Å². The molecule has 2 N–H and O–H groups in total. The zero-order valence-corrected chi connectivity index (χ0v) is 13.4. The van der Waals surface area contributed by atoms with Crippen LogP contribution in [0, 0.1) is 0 Å². The molecule has 5 heteroatoms. The molecule has 2 fully saturated rings. The van der Waals surface area contributed by atoms with Gasteiger partial charge in [-0.15, -0.1) is 0 Å². The third kappa shape index (κ3) is 2.96. The Morgan fingerprint density at radius 2 is 2.05 bits per heavy atom. The predicted octanol–water partition coefficient (Wildman–Crippen LogP) is 1.53. The number of likely N-dealkylation sites (tertiary alicyclic amines) is 1. The van der Waals surface area contributed by atoms with Gasteiger partial charge in [-0.2, -0.15) is 0 Å². The standard InChI is InChI=1S/C17H25N3O2/c1-19(2)13-7-5-12(6-8-13)17-15(18)10-16(21)20(17)11-14-4-3-9-22-14/h5-8,14-15,17H,3-4,9-11,18H2,1-2H3. The van der Waals surface area contributed by atoms with E-state index in [0.717, 1.165) is 30.7 Å². The molecule has 3 atom stereocenters. The van der Waals surface area contributed by atoms with Crippen molar-refractivity contribution in [2.45, 2.75) is 37.5 Å². The van der Waals surface area contributed by atoms with Crippen LogP contribution in [0.2, 0.25) is 0 Å². The Kier molecular flexibility index (Phi) is 4.36. The van der Waals surface area contributed by atoms with Crippen LogP contribution in [0.1, 0.15) is 30.9 Å². The first kappa shape index (κ1) is 15.3. The Labute approximate surface area is 132 Å². The lowest BCUT2D eigenvalue weighted by atomic mass is 10.00. The zero-order valence-electron chi connectivity index (χ0n) is 13.4. The van der Waals surface area contributed by atoms with Crippen LogP contribution >= 0.6 is 0 Å². The minimum Gasteiger partial charge on any atom is -0.378 e. The fourth-order valence-corrected chi connectivity index (χ4v) is 3.44. The number of hydrogen-bond acceptors (Lipinski definition) is 4. The number of carbonyl (C=O) groups is 1. The molecule has 3 unspecified atom stereocenters. The fourth-order valence-electron chi connectivity index (χ4n) is 3.44. The molecule has 2 aliphatic heterocycles. The second-order valence-corrected chi connectivity index (χ2v) is 6.48. The van der Waals surface area contributed by atoms with E-state index in [1.54, 1.807) is 0 Å². The highest BCUT2D eigenvalue weighted by molar-refractivity contribution is 5.80. The highest BCUT2D eigenvalue weighted by Gasteiger charge is 2.40. The van der Waals surface area contributed by atoms with Crippen LogP contribution in [0.5, 0.6) is 0 Å². The van der Waals surface area contributed by atoms with Crippen molar-refractivity contribution >= 4 is 11.6 Å². The molecule has 0 bridgehead atoms. The average molecular weight is 303 g/mol. The summed E-state index contributed by atoms with van der Waals surface area (Å²) in [5.41, 5.74) is 8.51. The lowest BCUT2D eigenvalue weighted by Gasteiger charge is -2.29. The summed E-state index contributed by atoms with van der Waals surface area (Å²) in [4.78, 5) is 16.3. The molecule has 0 aromatic heterocycles. The molecular formula is C17H25N3O2. The maximum atomic E-state index is 12.3. The molecule has 120 valence electrons. The summed E-state index contributed by atoms with van der Waals surface area (Å²) in [5, 5.41) is 0. The van der Waals surface area contributed by atoms with Crippen molar-refractivity contribution in [1.82, 2.24) is 4.90 Å². The number of nitrogens with zero attached hydrogens (tertiary/aromatic N) is 2. The Balaban J connectivity index is 1.80. The van der Waals surface area contributed by atoms with Gasteiger partial charge in [0.05, 0.1) is 12.1 Å². The van der Waals surface area contributed by atoms with E-state index in [-0.39, 0.29) is 24.1 Å². The smallest absolute Gasteiger partial charge is 0.224 e. The summed E-state index contributed by atoms with van der Waals surface area (Å²) in [7, 11) is 4.03. The van der Waals surface area contributed by atoms with Crippen LogP contribution in [-0.4, -0.2) is 50.2 Å². The van der Waals surface area contributed by atoms with Gasteiger partial charge >= 0.3 is 0 Å². The summed E-state index contributed by atoms with van der Waals surface area (Å²) in [6, 6.07) is 8.15. The molecule has 5 nitrogen and oxygen atoms in total. The number of carbonyl (C=O) groups excluding carboxylic acids is 1. The van der Waals surface area contributed by atoms with E-state index in [1.807, 2.05) is 19.0 Å². The van der Waals surface area contributed by atoms with Gasteiger partial charge in [0.15, 0.2) is 0 Å². The summed E-state index contributed by atoms with van der Waals surface area (Å²) in [6.07, 6.45) is 2.71. The third-order valence-electron chi connectivity index (χ3n) is 4.65. The molecular weight excluding hydrogens is 278 g/mol. The van der Waals surface area contributed by atoms with E-state index < -0.39 is 0 Å². The Morgan fingerprint density at radius 3 is 2.64 bits per heavy atom. The first-order valence-electron chi connectivity index (χ1n) is 8.00. The summed E-state index contributed by atoms with van der Waals surface area (Å²) < 4.78 is 5.69. The largest absolute Gasteiger partial charge is 0.378 e. The van der Waals surface area contributed by atoms with Gasteiger partial charge in [-0.1, -0.05) is 12.1 Å². The number of benzene rings is 1. The van der Waals surface area contributed by atoms with Crippen molar-refractivity contribution in [1.29, 1.82) is 0 Å². The number of ether oxygens (including phenoxy) is 1. The molecule has 22 heavy (non-hydrogen) atoms. The molecule has 0 radical (unpaired) electrons. The normalized spacial score (nSPS) is 28.4.